The molecule has 87 valence electrons. The van der Waals surface area contributed by atoms with Gasteiger partial charge in [-0.1, -0.05) is 30.3 Å². The Labute approximate surface area is 103 Å². The van der Waals surface area contributed by atoms with E-state index >= 15 is 0 Å². The topological polar surface area (TPSA) is 32.6 Å². The van der Waals surface area contributed by atoms with E-state index in [0.29, 0.717) is 0 Å². The quantitative estimate of drug-likeness (QED) is 0.786. The summed E-state index contributed by atoms with van der Waals surface area (Å²) in [4.78, 5) is 4.37. The Kier molecular flexibility index (Phi) is 4.32. The first-order chi connectivity index (χ1) is 8.27. The third kappa shape index (κ3) is 3.40. The van der Waals surface area contributed by atoms with Gasteiger partial charge in [0.05, 0.1) is 6.04 Å². The number of hydrogen-bond acceptors (Lipinski definition) is 2. The zero-order valence-electron chi connectivity index (χ0n) is 9.82. The molecule has 0 saturated heterocycles. The van der Waals surface area contributed by atoms with Gasteiger partial charge in [0.1, 0.15) is 6.10 Å². The molecular weight excluding hydrogens is 210 g/mol. The number of nitrogens with zero attached hydrogens (tertiary/aromatic N) is 1. The van der Waals surface area contributed by atoms with Gasteiger partial charge in [-0.2, -0.15) is 0 Å². The first-order valence-corrected chi connectivity index (χ1v) is 5.75. The Bertz CT molecular complexity index is 354. The fourth-order valence-corrected chi connectivity index (χ4v) is 1.69. The molecule has 0 aromatic heterocycles. The van der Waals surface area contributed by atoms with Gasteiger partial charge in [0.2, 0.25) is 0 Å². The molecule has 1 aliphatic carbocycles. The Hall–Kier alpha value is -1.15. The minimum Gasteiger partial charge on any atom is -0.386 e. The smallest absolute Gasteiger partial charge is 0.101 e. The van der Waals surface area contributed by atoms with Crippen molar-refractivity contribution in [2.24, 2.45) is 4.99 Å². The molecule has 2 atom stereocenters. The second kappa shape index (κ2) is 5.97. The molecular formula is C15H16NO. The lowest BCUT2D eigenvalue weighted by molar-refractivity contribution is 0.154. The van der Waals surface area contributed by atoms with Gasteiger partial charge in [0.15, 0.2) is 0 Å². The normalized spacial score (nSPS) is 20.8. The molecule has 0 spiro atoms. The highest BCUT2D eigenvalue weighted by molar-refractivity contribution is 5.82. The van der Waals surface area contributed by atoms with E-state index < -0.39 is 6.10 Å². The largest absolute Gasteiger partial charge is 0.386 e. The summed E-state index contributed by atoms with van der Waals surface area (Å²) in [5.41, 5.74) is 0.902. The summed E-state index contributed by atoms with van der Waals surface area (Å²) in [5.74, 6) is 1.07. The van der Waals surface area contributed by atoms with Gasteiger partial charge in [-0.15, -0.1) is 0 Å². The summed E-state index contributed by atoms with van der Waals surface area (Å²) in [7, 11) is 0. The minimum atomic E-state index is -0.553. The first kappa shape index (κ1) is 12.3. The van der Waals surface area contributed by atoms with E-state index in [1.165, 1.54) is 0 Å². The van der Waals surface area contributed by atoms with Crippen molar-refractivity contribution in [1.82, 2.24) is 0 Å². The number of hydrogen-bond donors (Lipinski definition) is 1. The molecule has 0 aliphatic heterocycles. The van der Waals surface area contributed by atoms with E-state index in [4.69, 9.17) is 0 Å². The molecule has 0 amide bonds. The van der Waals surface area contributed by atoms with Crippen LogP contribution >= 0.6 is 0 Å². The van der Waals surface area contributed by atoms with Crippen LogP contribution in [0.25, 0.3) is 0 Å². The number of aliphatic hydroxyl groups excluding tert-OH is 1. The van der Waals surface area contributed by atoms with Crippen molar-refractivity contribution in [3.05, 3.63) is 67.5 Å². The van der Waals surface area contributed by atoms with Crippen LogP contribution in [0, 0.1) is 31.6 Å². The molecule has 1 aliphatic rings. The standard InChI is InChI=1S/C15H16NO/c1-12(16-11-13-7-5-6-8-13)15(17)14-9-3-2-4-10-14/h2-12,15,17H,1H3/t12-,15-/m0/s1. The molecule has 0 unspecified atom stereocenters. The predicted molar refractivity (Wildman–Crippen MR) is 69.8 cm³/mol. The fourth-order valence-electron chi connectivity index (χ4n) is 1.69. The van der Waals surface area contributed by atoms with Crippen molar-refractivity contribution >= 4 is 6.21 Å². The van der Waals surface area contributed by atoms with E-state index in [9.17, 15) is 5.11 Å². The average molecular weight is 226 g/mol. The summed E-state index contributed by atoms with van der Waals surface area (Å²) in [5, 5.41) is 10.1. The van der Waals surface area contributed by atoms with Crippen molar-refractivity contribution < 1.29 is 5.11 Å². The SMILES string of the molecule is C[C@H](N=C[C]1[CH][CH][CH][CH]1)[C@H](O)c1ccccc1. The van der Waals surface area contributed by atoms with Gasteiger partial charge in [-0.3, -0.25) is 4.99 Å². The molecule has 0 bridgehead atoms. The lowest BCUT2D eigenvalue weighted by Gasteiger charge is -2.15. The van der Waals surface area contributed by atoms with Crippen molar-refractivity contribution in [2.75, 3.05) is 0 Å². The maximum Gasteiger partial charge on any atom is 0.101 e. The Morgan fingerprint density at radius 3 is 2.41 bits per heavy atom. The molecule has 1 saturated carbocycles. The van der Waals surface area contributed by atoms with Crippen LogP contribution in [-0.2, 0) is 0 Å². The van der Waals surface area contributed by atoms with Crippen LogP contribution in [0.2, 0.25) is 0 Å². The van der Waals surface area contributed by atoms with E-state index in [2.05, 4.69) is 4.99 Å². The molecule has 1 aromatic carbocycles. The Morgan fingerprint density at radius 2 is 1.76 bits per heavy atom. The molecule has 1 fully saturated rings. The zero-order chi connectivity index (χ0) is 12.1. The molecule has 1 aromatic rings. The van der Waals surface area contributed by atoms with Crippen LogP contribution < -0.4 is 0 Å². The highest BCUT2D eigenvalue weighted by Crippen LogP contribution is 2.23. The summed E-state index contributed by atoms with van der Waals surface area (Å²) >= 11 is 0. The monoisotopic (exact) mass is 226 g/mol. The molecule has 2 nitrogen and oxygen atoms in total. The third-order valence-corrected chi connectivity index (χ3v) is 2.75. The van der Waals surface area contributed by atoms with E-state index in [0.717, 1.165) is 11.5 Å². The summed E-state index contributed by atoms with van der Waals surface area (Å²) in [6.45, 7) is 1.91. The lowest BCUT2D eigenvalue weighted by Crippen LogP contribution is -2.13. The van der Waals surface area contributed by atoms with Crippen molar-refractivity contribution in [3.8, 4) is 0 Å². The van der Waals surface area contributed by atoms with Gasteiger partial charge in [0, 0.05) is 12.1 Å². The van der Waals surface area contributed by atoms with Crippen LogP contribution in [0.3, 0.4) is 0 Å². The van der Waals surface area contributed by atoms with Crippen molar-refractivity contribution in [1.29, 1.82) is 0 Å². The van der Waals surface area contributed by atoms with Crippen LogP contribution in [0.15, 0.2) is 35.3 Å². The van der Waals surface area contributed by atoms with E-state index in [1.807, 2.05) is 62.9 Å². The van der Waals surface area contributed by atoms with Gasteiger partial charge in [-0.05, 0) is 38.2 Å². The molecule has 0 heterocycles. The van der Waals surface area contributed by atoms with Crippen LogP contribution in [0.1, 0.15) is 18.6 Å². The Balaban J connectivity index is 1.93. The van der Waals surface area contributed by atoms with Crippen LogP contribution in [0.5, 0.6) is 0 Å². The second-order valence-corrected chi connectivity index (χ2v) is 4.09. The molecule has 2 heteroatoms. The number of benzene rings is 1. The Morgan fingerprint density at radius 1 is 1.12 bits per heavy atom. The molecule has 1 N–H and O–H groups in total. The number of rotatable bonds is 4. The average Bonchev–Trinajstić information content (AvgIpc) is 2.89. The summed E-state index contributed by atoms with van der Waals surface area (Å²) in [6.07, 6.45) is 9.18. The molecule has 5 radical (unpaired) electrons. The van der Waals surface area contributed by atoms with Gasteiger partial charge < -0.3 is 5.11 Å². The number of aliphatic imine (C=N–C) groups is 1. The van der Waals surface area contributed by atoms with Gasteiger partial charge in [0.25, 0.3) is 0 Å². The number of aliphatic hydroxyl groups is 1. The summed E-state index contributed by atoms with van der Waals surface area (Å²) < 4.78 is 0. The van der Waals surface area contributed by atoms with Crippen LogP contribution in [0.4, 0.5) is 0 Å². The lowest BCUT2D eigenvalue weighted by atomic mass is 10.0. The van der Waals surface area contributed by atoms with E-state index in [-0.39, 0.29) is 6.04 Å². The summed E-state index contributed by atoms with van der Waals surface area (Å²) in [6, 6.07) is 9.47. The van der Waals surface area contributed by atoms with Crippen molar-refractivity contribution in [2.45, 2.75) is 19.1 Å². The predicted octanol–water partition coefficient (Wildman–Crippen LogP) is 2.58. The van der Waals surface area contributed by atoms with Gasteiger partial charge >= 0.3 is 0 Å². The third-order valence-electron chi connectivity index (χ3n) is 2.75. The van der Waals surface area contributed by atoms with Crippen molar-refractivity contribution in [3.63, 3.8) is 0 Å². The highest BCUT2D eigenvalue weighted by Gasteiger charge is 2.17. The first-order valence-electron chi connectivity index (χ1n) is 5.75. The maximum atomic E-state index is 10.1. The molecule has 17 heavy (non-hydrogen) atoms. The molecule has 2 rings (SSSR count). The van der Waals surface area contributed by atoms with Gasteiger partial charge in [-0.25, -0.2) is 0 Å². The highest BCUT2D eigenvalue weighted by atomic mass is 16.3. The zero-order valence-corrected chi connectivity index (χ0v) is 9.82. The minimum absolute atomic E-state index is 0.146. The maximum absolute atomic E-state index is 10.1. The van der Waals surface area contributed by atoms with E-state index in [1.54, 1.807) is 6.21 Å². The fraction of sp³-hybridized carbons (Fsp3) is 0.200. The second-order valence-electron chi connectivity index (χ2n) is 4.09. The van der Waals surface area contributed by atoms with Crippen LogP contribution in [-0.4, -0.2) is 17.4 Å².